The average molecular weight is 506 g/mol. The van der Waals surface area contributed by atoms with E-state index in [-0.39, 0.29) is 5.91 Å². The molecule has 1 aromatic carbocycles. The Bertz CT molecular complexity index is 1410. The van der Waals surface area contributed by atoms with Crippen LogP contribution in [0, 0.1) is 0 Å². The second kappa shape index (κ2) is 9.08. The van der Waals surface area contributed by atoms with Crippen molar-refractivity contribution in [1.29, 1.82) is 0 Å². The zero-order valence-electron chi connectivity index (χ0n) is 20.2. The first-order valence-corrected chi connectivity index (χ1v) is 12.4. The van der Waals surface area contributed by atoms with Crippen molar-refractivity contribution in [3.8, 4) is 22.0 Å². The Morgan fingerprint density at radius 1 is 1.22 bits per heavy atom. The van der Waals surface area contributed by atoms with Gasteiger partial charge in [0.15, 0.2) is 5.60 Å². The molecule has 0 aliphatic carbocycles. The van der Waals surface area contributed by atoms with E-state index < -0.39 is 11.2 Å². The summed E-state index contributed by atoms with van der Waals surface area (Å²) in [5, 5.41) is 31.0. The van der Waals surface area contributed by atoms with Crippen LogP contribution in [0.4, 0.5) is 11.6 Å². The molecule has 0 bridgehead atoms. The summed E-state index contributed by atoms with van der Waals surface area (Å²) in [6.07, 6.45) is 5.45. The van der Waals surface area contributed by atoms with Gasteiger partial charge in [0.05, 0.1) is 29.7 Å². The Hall–Kier alpha value is -3.67. The van der Waals surface area contributed by atoms with Crippen molar-refractivity contribution < 1.29 is 15.0 Å². The van der Waals surface area contributed by atoms with E-state index in [0.717, 1.165) is 11.3 Å². The molecule has 186 valence electrons. The summed E-state index contributed by atoms with van der Waals surface area (Å²) in [5.41, 5.74) is 1.12. The van der Waals surface area contributed by atoms with Gasteiger partial charge in [-0.1, -0.05) is 18.2 Å². The molecule has 1 atom stereocenters. The maximum atomic E-state index is 12.5. The number of carbonyl (C=O) groups excluding carboxylic acids is 1. The van der Waals surface area contributed by atoms with Crippen LogP contribution in [0.2, 0.25) is 0 Å². The van der Waals surface area contributed by atoms with Gasteiger partial charge in [-0.3, -0.25) is 9.48 Å². The minimum absolute atomic E-state index is 0.287. The van der Waals surface area contributed by atoms with Crippen LogP contribution in [0.1, 0.15) is 25.8 Å². The Kier molecular flexibility index (Phi) is 6.07. The molecule has 11 heteroatoms. The van der Waals surface area contributed by atoms with Crippen molar-refractivity contribution in [3.63, 3.8) is 0 Å². The topological polar surface area (TPSA) is 129 Å². The third-order valence-electron chi connectivity index (χ3n) is 5.96. The van der Waals surface area contributed by atoms with E-state index >= 15 is 0 Å². The number of amides is 1. The summed E-state index contributed by atoms with van der Waals surface area (Å²) in [7, 11) is 1.70. The molecule has 1 aliphatic heterocycles. The highest BCUT2D eigenvalue weighted by molar-refractivity contribution is 7.13. The van der Waals surface area contributed by atoms with E-state index in [1.54, 1.807) is 61.2 Å². The van der Waals surface area contributed by atoms with Gasteiger partial charge in [0.1, 0.15) is 10.7 Å². The van der Waals surface area contributed by atoms with E-state index in [4.69, 9.17) is 4.98 Å². The second-order valence-electron chi connectivity index (χ2n) is 9.59. The molecule has 0 saturated carbocycles. The summed E-state index contributed by atoms with van der Waals surface area (Å²) >= 11 is 1.45. The molecule has 3 aromatic heterocycles. The first kappa shape index (κ1) is 24.0. The number of hydrogen-bond acceptors (Lipinski definition) is 9. The lowest BCUT2D eigenvalue weighted by molar-refractivity contribution is -0.143. The molecule has 4 heterocycles. The summed E-state index contributed by atoms with van der Waals surface area (Å²) < 4.78 is 1.65. The lowest BCUT2D eigenvalue weighted by Crippen LogP contribution is -2.36. The van der Waals surface area contributed by atoms with Crippen LogP contribution in [0.25, 0.3) is 22.0 Å². The highest BCUT2D eigenvalue weighted by Crippen LogP contribution is 2.35. The minimum atomic E-state index is -1.50. The zero-order chi connectivity index (χ0) is 25.5. The SMILES string of the molecule is CN1CC[C@@](O)(c2cccc(-c3csc(-c4ccnc(Nc5cnn(CC(C)(C)O)c5)n4)n3)c2)C1=O. The molecule has 0 radical (unpaired) electrons. The Labute approximate surface area is 212 Å². The number of nitrogens with zero attached hydrogens (tertiary/aromatic N) is 6. The van der Waals surface area contributed by atoms with Crippen LogP contribution in [-0.2, 0) is 16.9 Å². The normalized spacial score (nSPS) is 18.1. The highest BCUT2D eigenvalue weighted by atomic mass is 32.1. The van der Waals surface area contributed by atoms with Gasteiger partial charge in [0.2, 0.25) is 5.95 Å². The molecule has 10 nitrogen and oxygen atoms in total. The summed E-state index contributed by atoms with van der Waals surface area (Å²) in [6.45, 7) is 4.33. The molecule has 1 fully saturated rings. The lowest BCUT2D eigenvalue weighted by atomic mass is 9.90. The van der Waals surface area contributed by atoms with Crippen molar-refractivity contribution >= 4 is 28.9 Å². The molecular formula is C25H27N7O3S. The van der Waals surface area contributed by atoms with E-state index in [1.807, 2.05) is 23.6 Å². The number of benzene rings is 1. The largest absolute Gasteiger partial charge is 0.389 e. The first-order valence-electron chi connectivity index (χ1n) is 11.5. The number of likely N-dealkylation sites (tertiary alicyclic amines) is 1. The number of thiazole rings is 1. The Morgan fingerprint density at radius 2 is 2.06 bits per heavy atom. The molecule has 0 spiro atoms. The molecule has 1 amide bonds. The summed E-state index contributed by atoms with van der Waals surface area (Å²) in [5.74, 6) is 0.116. The average Bonchev–Trinajstić information content (AvgIpc) is 3.56. The second-order valence-corrected chi connectivity index (χ2v) is 10.4. The Balaban J connectivity index is 1.35. The van der Waals surface area contributed by atoms with Crippen molar-refractivity contribution in [2.75, 3.05) is 18.9 Å². The third kappa shape index (κ3) is 4.85. The van der Waals surface area contributed by atoms with E-state index in [9.17, 15) is 15.0 Å². The zero-order valence-corrected chi connectivity index (χ0v) is 21.0. The molecule has 1 aliphatic rings. The molecule has 1 saturated heterocycles. The molecule has 0 unspecified atom stereocenters. The third-order valence-corrected chi connectivity index (χ3v) is 6.83. The van der Waals surface area contributed by atoms with Gasteiger partial charge in [-0.15, -0.1) is 11.3 Å². The van der Waals surface area contributed by atoms with Crippen molar-refractivity contribution in [3.05, 3.63) is 59.9 Å². The number of nitrogens with one attached hydrogen (secondary N) is 1. The number of hydrogen-bond donors (Lipinski definition) is 3. The smallest absolute Gasteiger partial charge is 0.258 e. The van der Waals surface area contributed by atoms with Crippen LogP contribution in [-0.4, -0.2) is 64.9 Å². The van der Waals surface area contributed by atoms with Gasteiger partial charge in [-0.25, -0.2) is 15.0 Å². The van der Waals surface area contributed by atoms with Gasteiger partial charge in [0, 0.05) is 43.4 Å². The maximum Gasteiger partial charge on any atom is 0.258 e. The van der Waals surface area contributed by atoms with Gasteiger partial charge in [0.25, 0.3) is 5.91 Å². The van der Waals surface area contributed by atoms with Gasteiger partial charge >= 0.3 is 0 Å². The standard InChI is InChI=1S/C25H27N7O3S/c1-24(2,34)15-32-13-18(12-27-32)28-23-26-9-7-19(30-23)21-29-20(14-36-21)16-5-4-6-17(11-16)25(35)8-10-31(3)22(25)33/h4-7,9,11-14,34-35H,8,10,15H2,1-3H3,(H,26,28,30)/t25-/m1/s1. The van der Waals surface area contributed by atoms with Gasteiger partial charge in [-0.05, 0) is 31.5 Å². The van der Waals surface area contributed by atoms with Crippen LogP contribution in [0.5, 0.6) is 0 Å². The molecule has 4 aromatic rings. The van der Waals surface area contributed by atoms with Crippen LogP contribution in [0.15, 0.2) is 54.3 Å². The van der Waals surface area contributed by atoms with Crippen LogP contribution in [0.3, 0.4) is 0 Å². The number of aliphatic hydroxyl groups is 2. The maximum absolute atomic E-state index is 12.5. The highest BCUT2D eigenvalue weighted by Gasteiger charge is 2.45. The van der Waals surface area contributed by atoms with Crippen molar-refractivity contribution in [2.24, 2.45) is 0 Å². The molecular weight excluding hydrogens is 478 g/mol. The van der Waals surface area contributed by atoms with Crippen LogP contribution >= 0.6 is 11.3 Å². The summed E-state index contributed by atoms with van der Waals surface area (Å²) in [4.78, 5) is 27.7. The first-order chi connectivity index (χ1) is 17.1. The predicted octanol–water partition coefficient (Wildman–Crippen LogP) is 3.03. The van der Waals surface area contributed by atoms with E-state index in [0.29, 0.717) is 47.4 Å². The summed E-state index contributed by atoms with van der Waals surface area (Å²) in [6, 6.07) is 9.14. The minimum Gasteiger partial charge on any atom is -0.389 e. The van der Waals surface area contributed by atoms with Gasteiger partial charge < -0.3 is 20.4 Å². The number of anilines is 2. The Morgan fingerprint density at radius 3 is 2.81 bits per heavy atom. The fourth-order valence-corrected chi connectivity index (χ4v) is 4.96. The van der Waals surface area contributed by atoms with Crippen LogP contribution < -0.4 is 5.32 Å². The van der Waals surface area contributed by atoms with Crippen molar-refractivity contribution in [1.82, 2.24) is 29.6 Å². The van der Waals surface area contributed by atoms with E-state index in [1.165, 1.54) is 11.3 Å². The number of aromatic nitrogens is 5. The number of carbonyl (C=O) groups is 1. The van der Waals surface area contributed by atoms with Crippen molar-refractivity contribution in [2.45, 2.75) is 38.0 Å². The fourth-order valence-electron chi connectivity index (χ4n) is 4.16. The molecule has 5 rings (SSSR count). The number of rotatable bonds is 7. The molecule has 3 N–H and O–H groups in total. The van der Waals surface area contributed by atoms with Gasteiger partial charge in [-0.2, -0.15) is 5.10 Å². The fraction of sp³-hybridized carbons (Fsp3) is 0.320. The lowest BCUT2D eigenvalue weighted by Gasteiger charge is -2.21. The predicted molar refractivity (Wildman–Crippen MR) is 137 cm³/mol. The molecule has 36 heavy (non-hydrogen) atoms. The quantitative estimate of drug-likeness (QED) is 0.350. The monoisotopic (exact) mass is 505 g/mol. The number of likely N-dealkylation sites (N-methyl/N-ethyl adjacent to an activating group) is 1. The van der Waals surface area contributed by atoms with E-state index in [2.05, 4.69) is 20.4 Å².